The summed E-state index contributed by atoms with van der Waals surface area (Å²) in [6.45, 7) is 4.34. The molecule has 0 bridgehead atoms. The van der Waals surface area contributed by atoms with Crippen molar-refractivity contribution in [1.29, 1.82) is 0 Å². The predicted molar refractivity (Wildman–Crippen MR) is 56.1 cm³/mol. The molecule has 2 aliphatic rings. The Morgan fingerprint density at radius 1 is 1.36 bits per heavy atom. The largest absolute Gasteiger partial charge is 0.337 e. The molecular weight excluding hydrogens is 176 g/mol. The summed E-state index contributed by atoms with van der Waals surface area (Å²) >= 11 is 0. The number of rotatable bonds is 2. The smallest absolute Gasteiger partial charge is 0.223 e. The van der Waals surface area contributed by atoms with Gasteiger partial charge in [0.1, 0.15) is 0 Å². The summed E-state index contributed by atoms with van der Waals surface area (Å²) in [4.78, 5) is 13.9. The second-order valence-corrected chi connectivity index (χ2v) is 4.38. The first kappa shape index (κ1) is 9.97. The third-order valence-electron chi connectivity index (χ3n) is 3.55. The maximum atomic E-state index is 11.7. The normalized spacial score (nSPS) is 29.9. The molecule has 0 radical (unpaired) electrons. The van der Waals surface area contributed by atoms with Crippen LogP contribution in [0.15, 0.2) is 0 Å². The number of piperidine rings is 1. The Balaban J connectivity index is 2.01. The summed E-state index contributed by atoms with van der Waals surface area (Å²) in [7, 11) is 0. The van der Waals surface area contributed by atoms with E-state index in [-0.39, 0.29) is 0 Å². The van der Waals surface area contributed by atoms with Gasteiger partial charge in [-0.15, -0.1) is 0 Å². The van der Waals surface area contributed by atoms with Crippen molar-refractivity contribution < 1.29 is 4.79 Å². The molecule has 0 aromatic heterocycles. The van der Waals surface area contributed by atoms with Crippen LogP contribution in [0.4, 0.5) is 0 Å². The zero-order chi connectivity index (χ0) is 9.97. The van der Waals surface area contributed by atoms with Crippen molar-refractivity contribution in [2.75, 3.05) is 13.1 Å². The van der Waals surface area contributed by atoms with Crippen LogP contribution in [-0.4, -0.2) is 36.0 Å². The van der Waals surface area contributed by atoms with Gasteiger partial charge in [-0.2, -0.15) is 0 Å². The monoisotopic (exact) mass is 196 g/mol. The molecule has 1 atom stereocenters. The van der Waals surface area contributed by atoms with Crippen molar-refractivity contribution in [1.82, 2.24) is 10.2 Å². The van der Waals surface area contributed by atoms with E-state index in [1.54, 1.807) is 0 Å². The molecule has 2 aliphatic heterocycles. The van der Waals surface area contributed by atoms with E-state index in [1.165, 1.54) is 0 Å². The van der Waals surface area contributed by atoms with Crippen molar-refractivity contribution >= 4 is 5.91 Å². The minimum absolute atomic E-state index is 0.392. The van der Waals surface area contributed by atoms with Crippen LogP contribution < -0.4 is 5.32 Å². The van der Waals surface area contributed by atoms with E-state index in [2.05, 4.69) is 17.1 Å². The summed E-state index contributed by atoms with van der Waals surface area (Å²) < 4.78 is 0. The van der Waals surface area contributed by atoms with Crippen molar-refractivity contribution in [2.45, 2.75) is 51.1 Å². The summed E-state index contributed by atoms with van der Waals surface area (Å²) in [5.74, 6) is 0.392. The van der Waals surface area contributed by atoms with Gasteiger partial charge < -0.3 is 10.2 Å². The van der Waals surface area contributed by atoms with Crippen molar-refractivity contribution in [2.24, 2.45) is 0 Å². The highest BCUT2D eigenvalue weighted by molar-refractivity contribution is 5.79. The molecule has 0 aromatic rings. The van der Waals surface area contributed by atoms with Crippen molar-refractivity contribution in [3.05, 3.63) is 0 Å². The Hall–Kier alpha value is -0.570. The molecule has 80 valence electrons. The van der Waals surface area contributed by atoms with Gasteiger partial charge >= 0.3 is 0 Å². The molecule has 2 saturated heterocycles. The van der Waals surface area contributed by atoms with Gasteiger partial charge in [0.15, 0.2) is 0 Å². The molecule has 1 amide bonds. The highest BCUT2D eigenvalue weighted by atomic mass is 16.2. The highest BCUT2D eigenvalue weighted by Gasteiger charge is 2.35. The van der Waals surface area contributed by atoms with Gasteiger partial charge in [0.05, 0.1) is 0 Å². The standard InChI is InChI=1S/C11H20N2O/c1-2-9-3-4-11(14)13(9)10-5-7-12-8-6-10/h9-10,12H,2-8H2,1H3. The van der Waals surface area contributed by atoms with E-state index in [9.17, 15) is 4.79 Å². The Morgan fingerprint density at radius 3 is 2.71 bits per heavy atom. The van der Waals surface area contributed by atoms with Crippen LogP contribution in [0.5, 0.6) is 0 Å². The lowest BCUT2D eigenvalue weighted by molar-refractivity contribution is -0.131. The lowest BCUT2D eigenvalue weighted by atomic mass is 10.0. The topological polar surface area (TPSA) is 32.3 Å². The van der Waals surface area contributed by atoms with Gasteiger partial charge in [-0.25, -0.2) is 0 Å². The number of nitrogens with zero attached hydrogens (tertiary/aromatic N) is 1. The number of nitrogens with one attached hydrogen (secondary N) is 1. The number of likely N-dealkylation sites (tertiary alicyclic amines) is 1. The van der Waals surface area contributed by atoms with Crippen LogP contribution in [0.2, 0.25) is 0 Å². The predicted octanol–water partition coefficient (Wildman–Crippen LogP) is 1.14. The zero-order valence-electron chi connectivity index (χ0n) is 8.96. The molecule has 3 nitrogen and oxygen atoms in total. The zero-order valence-corrected chi connectivity index (χ0v) is 8.96. The summed E-state index contributed by atoms with van der Waals surface area (Å²) in [5, 5.41) is 3.35. The Kier molecular flexibility index (Phi) is 3.06. The fourth-order valence-corrected chi connectivity index (χ4v) is 2.75. The Morgan fingerprint density at radius 2 is 2.07 bits per heavy atom. The Labute approximate surface area is 85.8 Å². The molecule has 3 heteroatoms. The molecule has 2 heterocycles. The number of amides is 1. The first-order valence-corrected chi connectivity index (χ1v) is 5.84. The fraction of sp³-hybridized carbons (Fsp3) is 0.909. The number of carbonyl (C=O) groups excluding carboxylic acids is 1. The van der Waals surface area contributed by atoms with Gasteiger partial charge in [0.2, 0.25) is 5.91 Å². The Bertz CT molecular complexity index is 211. The molecular formula is C11H20N2O. The second kappa shape index (κ2) is 4.30. The van der Waals surface area contributed by atoms with Crippen LogP contribution in [0.25, 0.3) is 0 Å². The van der Waals surface area contributed by atoms with Crippen LogP contribution in [0.1, 0.15) is 39.0 Å². The van der Waals surface area contributed by atoms with Gasteiger partial charge in [-0.3, -0.25) is 4.79 Å². The molecule has 2 fully saturated rings. The molecule has 2 rings (SSSR count). The van der Waals surface area contributed by atoms with Gasteiger partial charge in [0, 0.05) is 18.5 Å². The third kappa shape index (κ3) is 1.78. The molecule has 0 aromatic carbocycles. The molecule has 1 unspecified atom stereocenters. The number of hydrogen-bond donors (Lipinski definition) is 1. The van der Waals surface area contributed by atoms with Crippen molar-refractivity contribution in [3.63, 3.8) is 0 Å². The molecule has 0 aliphatic carbocycles. The number of hydrogen-bond acceptors (Lipinski definition) is 2. The minimum Gasteiger partial charge on any atom is -0.337 e. The first-order valence-electron chi connectivity index (χ1n) is 5.84. The molecule has 0 saturated carbocycles. The lowest BCUT2D eigenvalue weighted by Crippen LogP contribution is -2.47. The fourth-order valence-electron chi connectivity index (χ4n) is 2.75. The molecule has 0 spiro atoms. The molecule has 1 N–H and O–H groups in total. The van der Waals surface area contributed by atoms with Crippen LogP contribution in [0, 0.1) is 0 Å². The SMILES string of the molecule is CCC1CCC(=O)N1C1CCNCC1. The summed E-state index contributed by atoms with van der Waals surface area (Å²) in [5.41, 5.74) is 0. The van der Waals surface area contributed by atoms with E-state index >= 15 is 0 Å². The maximum Gasteiger partial charge on any atom is 0.223 e. The van der Waals surface area contributed by atoms with Gasteiger partial charge in [0.25, 0.3) is 0 Å². The summed E-state index contributed by atoms with van der Waals surface area (Å²) in [6, 6.07) is 1.06. The average molecular weight is 196 g/mol. The summed E-state index contributed by atoms with van der Waals surface area (Å²) in [6.07, 6.45) is 5.27. The van der Waals surface area contributed by atoms with Gasteiger partial charge in [-0.1, -0.05) is 6.92 Å². The minimum atomic E-state index is 0.392. The van der Waals surface area contributed by atoms with E-state index < -0.39 is 0 Å². The van der Waals surface area contributed by atoms with E-state index in [1.807, 2.05) is 0 Å². The third-order valence-corrected chi connectivity index (χ3v) is 3.55. The van der Waals surface area contributed by atoms with E-state index in [0.717, 1.165) is 45.2 Å². The second-order valence-electron chi connectivity index (χ2n) is 4.38. The van der Waals surface area contributed by atoms with Crippen LogP contribution in [0.3, 0.4) is 0 Å². The van der Waals surface area contributed by atoms with Crippen molar-refractivity contribution in [3.8, 4) is 0 Å². The van der Waals surface area contributed by atoms with Crippen LogP contribution >= 0.6 is 0 Å². The van der Waals surface area contributed by atoms with E-state index in [0.29, 0.717) is 18.0 Å². The first-order chi connectivity index (χ1) is 6.83. The highest BCUT2D eigenvalue weighted by Crippen LogP contribution is 2.27. The van der Waals surface area contributed by atoms with E-state index in [4.69, 9.17) is 0 Å². The maximum absolute atomic E-state index is 11.7. The molecule has 14 heavy (non-hydrogen) atoms. The van der Waals surface area contributed by atoms with Gasteiger partial charge in [-0.05, 0) is 38.8 Å². The lowest BCUT2D eigenvalue weighted by Gasteiger charge is -2.35. The quantitative estimate of drug-likeness (QED) is 0.718. The number of carbonyl (C=O) groups is 1. The van der Waals surface area contributed by atoms with Crippen LogP contribution in [-0.2, 0) is 4.79 Å². The average Bonchev–Trinajstić information content (AvgIpc) is 2.61.